The Kier molecular flexibility index (Phi) is 4.72. The summed E-state index contributed by atoms with van der Waals surface area (Å²) in [6.45, 7) is 6.50. The molecule has 0 heterocycles. The lowest BCUT2D eigenvalue weighted by molar-refractivity contribution is -0.146. The van der Waals surface area contributed by atoms with E-state index in [0.717, 1.165) is 5.56 Å². The third kappa shape index (κ3) is 3.83. The van der Waals surface area contributed by atoms with Crippen LogP contribution in [0.2, 0.25) is 0 Å². The Bertz CT molecular complexity index is 501. The number of benzene rings is 1. The lowest BCUT2D eigenvalue weighted by atomic mass is 9.95. The van der Waals surface area contributed by atoms with Gasteiger partial charge < -0.3 is 14.9 Å². The van der Waals surface area contributed by atoms with Gasteiger partial charge in [-0.3, -0.25) is 0 Å². The van der Waals surface area contributed by atoms with Gasteiger partial charge in [0.25, 0.3) is 0 Å². The smallest absolute Gasteiger partial charge is 0.333 e. The van der Waals surface area contributed by atoms with Crippen LogP contribution in [0.3, 0.4) is 0 Å². The van der Waals surface area contributed by atoms with E-state index in [-0.39, 0.29) is 12.4 Å². The van der Waals surface area contributed by atoms with Crippen molar-refractivity contribution in [3.63, 3.8) is 0 Å². The van der Waals surface area contributed by atoms with E-state index in [2.05, 4.69) is 0 Å². The van der Waals surface area contributed by atoms with Gasteiger partial charge in [0, 0.05) is 11.1 Å². The van der Waals surface area contributed by atoms with Crippen LogP contribution in [0.25, 0.3) is 0 Å². The number of aryl methyl sites for hydroxylation is 1. The normalized spacial score (nSPS) is 14.9. The number of aliphatic hydroxyl groups is 1. The number of aromatic hydroxyl groups is 1. The van der Waals surface area contributed by atoms with Gasteiger partial charge >= 0.3 is 5.97 Å². The van der Waals surface area contributed by atoms with Crippen LogP contribution in [-0.2, 0) is 15.1 Å². The molecule has 2 N–H and O–H groups in total. The van der Waals surface area contributed by atoms with Crippen molar-refractivity contribution < 1.29 is 19.7 Å². The second kappa shape index (κ2) is 5.89. The molecule has 0 unspecified atom stereocenters. The molecule has 0 saturated heterocycles. The number of hydrogen-bond donors (Lipinski definition) is 2. The van der Waals surface area contributed by atoms with E-state index >= 15 is 0 Å². The summed E-state index contributed by atoms with van der Waals surface area (Å²) >= 11 is 0. The first kappa shape index (κ1) is 15.2. The standard InChI is InChI=1S/C15H20O4/c1-5-11(3)14(17)19-9-15(4,18)12-7-6-10(2)8-13(12)16/h5-8,16,18H,9H2,1-4H3/b11-5-/t15-/m1/s1. The molecule has 0 aromatic heterocycles. The van der Waals surface area contributed by atoms with Gasteiger partial charge in [-0.25, -0.2) is 4.79 Å². The second-order valence-corrected chi connectivity index (χ2v) is 4.84. The van der Waals surface area contributed by atoms with Crippen molar-refractivity contribution in [2.24, 2.45) is 0 Å². The third-order valence-electron chi connectivity index (χ3n) is 2.97. The number of carbonyl (C=O) groups is 1. The molecule has 0 spiro atoms. The molecule has 4 heteroatoms. The van der Waals surface area contributed by atoms with E-state index in [1.807, 2.05) is 6.92 Å². The zero-order valence-electron chi connectivity index (χ0n) is 11.7. The minimum Gasteiger partial charge on any atom is -0.508 e. The van der Waals surface area contributed by atoms with Crippen LogP contribution in [-0.4, -0.2) is 22.8 Å². The van der Waals surface area contributed by atoms with Crippen molar-refractivity contribution >= 4 is 5.97 Å². The molecule has 0 radical (unpaired) electrons. The molecule has 0 amide bonds. The molecular formula is C15H20O4. The van der Waals surface area contributed by atoms with Crippen molar-refractivity contribution in [2.45, 2.75) is 33.3 Å². The predicted molar refractivity (Wildman–Crippen MR) is 72.8 cm³/mol. The molecule has 0 fully saturated rings. The van der Waals surface area contributed by atoms with Crippen LogP contribution in [0.4, 0.5) is 0 Å². The Morgan fingerprint density at radius 1 is 1.47 bits per heavy atom. The lowest BCUT2D eigenvalue weighted by Gasteiger charge is -2.24. The summed E-state index contributed by atoms with van der Waals surface area (Å²) in [5.41, 5.74) is 0.272. The molecule has 1 aromatic carbocycles. The maximum Gasteiger partial charge on any atom is 0.333 e. The molecule has 1 atom stereocenters. The van der Waals surface area contributed by atoms with Gasteiger partial charge in [-0.05, 0) is 39.3 Å². The average Bonchev–Trinajstić information content (AvgIpc) is 2.34. The van der Waals surface area contributed by atoms with Crippen molar-refractivity contribution in [2.75, 3.05) is 6.61 Å². The fraction of sp³-hybridized carbons (Fsp3) is 0.400. The minimum absolute atomic E-state index is 0.0104. The quantitative estimate of drug-likeness (QED) is 0.647. The van der Waals surface area contributed by atoms with Gasteiger partial charge in [0.05, 0.1) is 0 Å². The monoisotopic (exact) mass is 264 g/mol. The van der Waals surface area contributed by atoms with E-state index in [1.165, 1.54) is 6.92 Å². The van der Waals surface area contributed by atoms with E-state index in [4.69, 9.17) is 4.74 Å². The molecule has 0 aliphatic heterocycles. The zero-order valence-corrected chi connectivity index (χ0v) is 11.7. The van der Waals surface area contributed by atoms with E-state index in [0.29, 0.717) is 11.1 Å². The topological polar surface area (TPSA) is 66.8 Å². The van der Waals surface area contributed by atoms with Crippen molar-refractivity contribution in [1.82, 2.24) is 0 Å². The minimum atomic E-state index is -1.43. The van der Waals surface area contributed by atoms with E-state index < -0.39 is 11.6 Å². The summed E-state index contributed by atoms with van der Waals surface area (Å²) in [7, 11) is 0. The number of phenols is 1. The summed E-state index contributed by atoms with van der Waals surface area (Å²) in [5, 5.41) is 20.1. The summed E-state index contributed by atoms with van der Waals surface area (Å²) in [6.07, 6.45) is 1.64. The highest BCUT2D eigenvalue weighted by Crippen LogP contribution is 2.30. The Balaban J connectivity index is 2.84. The van der Waals surface area contributed by atoms with Crippen LogP contribution < -0.4 is 0 Å². The second-order valence-electron chi connectivity index (χ2n) is 4.84. The predicted octanol–water partition coefficient (Wildman–Crippen LogP) is 2.42. The molecular weight excluding hydrogens is 244 g/mol. The first-order valence-electron chi connectivity index (χ1n) is 6.10. The zero-order chi connectivity index (χ0) is 14.6. The van der Waals surface area contributed by atoms with E-state index in [9.17, 15) is 15.0 Å². The maximum atomic E-state index is 11.5. The Morgan fingerprint density at radius 2 is 2.11 bits per heavy atom. The molecule has 104 valence electrons. The lowest BCUT2D eigenvalue weighted by Crippen LogP contribution is -2.29. The summed E-state index contributed by atoms with van der Waals surface area (Å²) in [5.74, 6) is -0.488. The van der Waals surface area contributed by atoms with Crippen molar-refractivity contribution in [3.8, 4) is 5.75 Å². The van der Waals surface area contributed by atoms with Crippen LogP contribution in [0.15, 0.2) is 29.8 Å². The molecule has 1 rings (SSSR count). The van der Waals surface area contributed by atoms with Crippen LogP contribution >= 0.6 is 0 Å². The Hall–Kier alpha value is -1.81. The molecule has 0 aliphatic carbocycles. The van der Waals surface area contributed by atoms with Gasteiger partial charge in [-0.1, -0.05) is 18.2 Å². The third-order valence-corrected chi connectivity index (χ3v) is 2.97. The summed E-state index contributed by atoms with van der Waals surface area (Å²) in [6, 6.07) is 4.96. The van der Waals surface area contributed by atoms with Gasteiger partial charge in [0.2, 0.25) is 0 Å². The number of carbonyl (C=O) groups excluding carboxylic acids is 1. The highest BCUT2D eigenvalue weighted by Gasteiger charge is 2.28. The molecule has 1 aromatic rings. The summed E-state index contributed by atoms with van der Waals surface area (Å²) < 4.78 is 5.03. The maximum absolute atomic E-state index is 11.5. The van der Waals surface area contributed by atoms with Gasteiger partial charge in [0.15, 0.2) is 0 Å². The molecule has 0 aliphatic rings. The van der Waals surface area contributed by atoms with Crippen molar-refractivity contribution in [1.29, 1.82) is 0 Å². The SMILES string of the molecule is C/C=C(/C)C(=O)OC[C@@](C)(O)c1ccc(C)cc1O. The first-order chi connectivity index (χ1) is 8.77. The van der Waals surface area contributed by atoms with Crippen LogP contribution in [0.5, 0.6) is 5.75 Å². The average molecular weight is 264 g/mol. The number of phenolic OH excluding ortho intramolecular Hbond substituents is 1. The highest BCUT2D eigenvalue weighted by atomic mass is 16.5. The first-order valence-corrected chi connectivity index (χ1v) is 6.10. The van der Waals surface area contributed by atoms with Crippen LogP contribution in [0, 0.1) is 6.92 Å². The fourth-order valence-corrected chi connectivity index (χ4v) is 1.61. The summed E-state index contributed by atoms with van der Waals surface area (Å²) in [4.78, 5) is 11.5. The van der Waals surface area contributed by atoms with Gasteiger partial charge in [0.1, 0.15) is 18.0 Å². The number of esters is 1. The highest BCUT2D eigenvalue weighted by molar-refractivity contribution is 5.87. The molecule has 19 heavy (non-hydrogen) atoms. The van der Waals surface area contributed by atoms with Crippen LogP contribution in [0.1, 0.15) is 31.9 Å². The largest absolute Gasteiger partial charge is 0.508 e. The number of rotatable bonds is 4. The molecule has 0 bridgehead atoms. The molecule has 4 nitrogen and oxygen atoms in total. The van der Waals surface area contributed by atoms with Crippen molar-refractivity contribution in [3.05, 3.63) is 41.0 Å². The fourth-order valence-electron chi connectivity index (χ4n) is 1.61. The number of allylic oxidation sites excluding steroid dienone is 1. The Labute approximate surface area is 113 Å². The van der Waals surface area contributed by atoms with E-state index in [1.54, 1.807) is 38.1 Å². The number of ether oxygens (including phenoxy) is 1. The Morgan fingerprint density at radius 3 is 2.63 bits per heavy atom. The van der Waals surface area contributed by atoms with Gasteiger partial charge in [-0.2, -0.15) is 0 Å². The molecule has 0 saturated carbocycles. The number of hydrogen-bond acceptors (Lipinski definition) is 4. The van der Waals surface area contributed by atoms with Gasteiger partial charge in [-0.15, -0.1) is 0 Å².